The van der Waals surface area contributed by atoms with Crippen molar-refractivity contribution in [2.75, 3.05) is 0 Å². The summed E-state index contributed by atoms with van der Waals surface area (Å²) < 4.78 is 32.0. The first-order valence-corrected chi connectivity index (χ1v) is 13.8. The molecule has 0 unspecified atom stereocenters. The number of rotatable bonds is 12. The molecule has 0 saturated heterocycles. The lowest BCUT2D eigenvalue weighted by atomic mass is 10.1. The van der Waals surface area contributed by atoms with Gasteiger partial charge in [-0.1, -0.05) is 88.1 Å². The zero-order chi connectivity index (χ0) is 23.9. The molecule has 1 heterocycles. The summed E-state index contributed by atoms with van der Waals surface area (Å²) in [7, 11) is -4.02. The van der Waals surface area contributed by atoms with Gasteiger partial charge in [0.1, 0.15) is 6.54 Å². The van der Waals surface area contributed by atoms with Crippen LogP contribution in [0.4, 0.5) is 0 Å². The molecular weight excluding hydrogens is 430 g/mol. The van der Waals surface area contributed by atoms with Gasteiger partial charge in [0.2, 0.25) is 5.52 Å². The van der Waals surface area contributed by atoms with Crippen LogP contribution in [0.25, 0.3) is 10.9 Å². The summed E-state index contributed by atoms with van der Waals surface area (Å²) in [6, 6.07) is 19.0. The highest BCUT2D eigenvalue weighted by atomic mass is 32.2. The molecule has 5 heteroatoms. The van der Waals surface area contributed by atoms with E-state index in [-0.39, 0.29) is 4.90 Å². The molecule has 3 rings (SSSR count). The topological polar surface area (TPSA) is 58.2 Å². The zero-order valence-corrected chi connectivity index (χ0v) is 21.1. The van der Waals surface area contributed by atoms with E-state index in [1.54, 1.807) is 12.1 Å². The molecule has 0 radical (unpaired) electrons. The van der Waals surface area contributed by atoms with Crippen molar-refractivity contribution in [1.29, 1.82) is 0 Å². The molecule has 1 aromatic heterocycles. The highest BCUT2D eigenvalue weighted by Gasteiger charge is 2.07. The molecule has 180 valence electrons. The van der Waals surface area contributed by atoms with Crippen LogP contribution < -0.4 is 4.57 Å². The Morgan fingerprint density at radius 3 is 1.88 bits per heavy atom. The number of unbranched alkanes of at least 4 members (excludes halogenated alkanes) is 9. The second-order valence-corrected chi connectivity index (χ2v) is 10.2. The van der Waals surface area contributed by atoms with E-state index in [1.165, 1.54) is 87.2 Å². The predicted molar refractivity (Wildman–Crippen MR) is 137 cm³/mol. The van der Waals surface area contributed by atoms with Crippen LogP contribution >= 0.6 is 0 Å². The Labute approximate surface area is 200 Å². The average molecular weight is 471 g/mol. The lowest BCUT2D eigenvalue weighted by molar-refractivity contribution is -0.671. The molecular formula is C28H40NO3S+. The summed E-state index contributed by atoms with van der Waals surface area (Å²) in [5.74, 6) is 0. The zero-order valence-electron chi connectivity index (χ0n) is 20.2. The van der Waals surface area contributed by atoms with E-state index in [2.05, 4.69) is 54.1 Å². The van der Waals surface area contributed by atoms with E-state index >= 15 is 0 Å². The van der Waals surface area contributed by atoms with Crippen LogP contribution in [0, 0.1) is 6.92 Å². The van der Waals surface area contributed by atoms with Crippen molar-refractivity contribution in [3.8, 4) is 0 Å². The fraction of sp³-hybridized carbons (Fsp3) is 0.464. The van der Waals surface area contributed by atoms with Gasteiger partial charge in [-0.15, -0.1) is 0 Å². The number of nitrogens with zero attached hydrogens (tertiary/aromatic N) is 1. The van der Waals surface area contributed by atoms with Crippen LogP contribution in [0.15, 0.2) is 71.8 Å². The third-order valence-electron chi connectivity index (χ3n) is 5.86. The van der Waals surface area contributed by atoms with Crippen molar-refractivity contribution in [2.24, 2.45) is 0 Å². The molecule has 2 aromatic carbocycles. The molecule has 0 fully saturated rings. The smallest absolute Gasteiger partial charge is 0.282 e. The van der Waals surface area contributed by atoms with Crippen LogP contribution in [0.1, 0.15) is 76.7 Å². The molecule has 33 heavy (non-hydrogen) atoms. The number of hydrogen-bond acceptors (Lipinski definition) is 2. The van der Waals surface area contributed by atoms with E-state index < -0.39 is 10.1 Å². The van der Waals surface area contributed by atoms with Gasteiger partial charge in [-0.2, -0.15) is 13.0 Å². The van der Waals surface area contributed by atoms with Crippen molar-refractivity contribution >= 4 is 21.0 Å². The lowest BCUT2D eigenvalue weighted by Crippen LogP contribution is -2.33. The second-order valence-electron chi connectivity index (χ2n) is 8.73. The molecule has 4 nitrogen and oxygen atoms in total. The number of aryl methyl sites for hydroxylation is 2. The van der Waals surface area contributed by atoms with E-state index in [9.17, 15) is 8.42 Å². The monoisotopic (exact) mass is 470 g/mol. The fourth-order valence-electron chi connectivity index (χ4n) is 3.90. The lowest BCUT2D eigenvalue weighted by Gasteiger charge is -2.03. The van der Waals surface area contributed by atoms with Gasteiger partial charge in [0.05, 0.1) is 4.90 Å². The van der Waals surface area contributed by atoms with Gasteiger partial charge in [0.15, 0.2) is 6.20 Å². The standard InChI is InChI=1S/C21H32N.C7H8O3S/c1-2-3-4-5-6-7-8-9-10-13-18-22-19-14-16-20-15-11-12-17-21(20)22;1-6-2-4-7(5-3-6)11(8,9)10/h11-12,14-17,19H,2-10,13,18H2,1H3;2-5H,1H3,(H,8,9,10)/q+1;. The Morgan fingerprint density at radius 1 is 0.727 bits per heavy atom. The van der Waals surface area contributed by atoms with E-state index in [4.69, 9.17) is 4.55 Å². The highest BCUT2D eigenvalue weighted by molar-refractivity contribution is 7.85. The van der Waals surface area contributed by atoms with Crippen molar-refractivity contribution in [2.45, 2.75) is 89.5 Å². The Kier molecular flexibility index (Phi) is 12.1. The Balaban J connectivity index is 0.000000294. The molecule has 0 aliphatic carbocycles. The summed E-state index contributed by atoms with van der Waals surface area (Å²) in [6.45, 7) is 5.28. The van der Waals surface area contributed by atoms with Gasteiger partial charge in [0, 0.05) is 23.9 Å². The first kappa shape index (κ1) is 27.0. The largest absolute Gasteiger partial charge is 0.294 e. The van der Waals surface area contributed by atoms with Crippen molar-refractivity contribution in [3.63, 3.8) is 0 Å². The molecule has 0 saturated carbocycles. The first-order chi connectivity index (χ1) is 15.9. The van der Waals surface area contributed by atoms with Gasteiger partial charge in [-0.05, 0) is 37.6 Å². The normalized spacial score (nSPS) is 11.2. The average Bonchev–Trinajstić information content (AvgIpc) is 2.80. The van der Waals surface area contributed by atoms with Crippen molar-refractivity contribution < 1.29 is 17.5 Å². The minimum absolute atomic E-state index is 0.0666. The summed E-state index contributed by atoms with van der Waals surface area (Å²) in [5.41, 5.74) is 2.32. The maximum atomic E-state index is 10.5. The quantitative estimate of drug-likeness (QED) is 0.172. The summed E-state index contributed by atoms with van der Waals surface area (Å²) in [5, 5.41) is 1.34. The van der Waals surface area contributed by atoms with Gasteiger partial charge in [0.25, 0.3) is 10.1 Å². The number of benzene rings is 2. The minimum Gasteiger partial charge on any atom is -0.282 e. The number of aromatic nitrogens is 1. The molecule has 0 spiro atoms. The van der Waals surface area contributed by atoms with Gasteiger partial charge < -0.3 is 0 Å². The number of fused-ring (bicyclic) bond motifs is 1. The summed E-state index contributed by atoms with van der Waals surface area (Å²) in [6.07, 6.45) is 16.2. The maximum Gasteiger partial charge on any atom is 0.294 e. The summed E-state index contributed by atoms with van der Waals surface area (Å²) in [4.78, 5) is -0.0666. The molecule has 0 bridgehead atoms. The Bertz CT molecular complexity index is 1040. The third kappa shape index (κ3) is 10.5. The maximum absolute atomic E-state index is 10.5. The van der Waals surface area contributed by atoms with Crippen LogP contribution in [0.2, 0.25) is 0 Å². The second kappa shape index (κ2) is 14.8. The van der Waals surface area contributed by atoms with Crippen molar-refractivity contribution in [1.82, 2.24) is 0 Å². The highest BCUT2D eigenvalue weighted by Crippen LogP contribution is 2.12. The molecule has 0 atom stereocenters. The van der Waals surface area contributed by atoms with Crippen LogP contribution in [-0.2, 0) is 16.7 Å². The number of para-hydroxylation sites is 1. The summed E-state index contributed by atoms with van der Waals surface area (Å²) >= 11 is 0. The van der Waals surface area contributed by atoms with Crippen LogP contribution in [-0.4, -0.2) is 13.0 Å². The van der Waals surface area contributed by atoms with Gasteiger partial charge in [-0.25, -0.2) is 0 Å². The molecule has 1 N–H and O–H groups in total. The Morgan fingerprint density at radius 2 is 1.27 bits per heavy atom. The van der Waals surface area contributed by atoms with E-state index in [1.807, 2.05) is 6.92 Å². The third-order valence-corrected chi connectivity index (χ3v) is 6.73. The van der Waals surface area contributed by atoms with Gasteiger partial charge >= 0.3 is 0 Å². The van der Waals surface area contributed by atoms with Gasteiger partial charge in [-0.3, -0.25) is 4.55 Å². The van der Waals surface area contributed by atoms with Crippen molar-refractivity contribution in [3.05, 3.63) is 72.4 Å². The SMILES string of the molecule is CCCCCCCCCCCC[n+]1cccc2ccccc21.Cc1ccc(S(=O)(=O)O)cc1. The predicted octanol–water partition coefficient (Wildman–Crippen LogP) is 7.29. The number of pyridine rings is 1. The Hall–Kier alpha value is -2.24. The molecule has 0 aliphatic rings. The molecule has 0 aliphatic heterocycles. The van der Waals surface area contributed by atoms with E-state index in [0.717, 1.165) is 12.1 Å². The van der Waals surface area contributed by atoms with E-state index in [0.29, 0.717) is 0 Å². The molecule has 3 aromatic rings. The van der Waals surface area contributed by atoms with Crippen LogP contribution in [0.5, 0.6) is 0 Å². The molecule has 0 amide bonds. The first-order valence-electron chi connectivity index (χ1n) is 12.3. The fourth-order valence-corrected chi connectivity index (χ4v) is 4.38. The minimum atomic E-state index is -4.02. The van der Waals surface area contributed by atoms with Crippen LogP contribution in [0.3, 0.4) is 0 Å². The number of hydrogen-bond donors (Lipinski definition) is 1.